The molecule has 0 aliphatic heterocycles. The molecule has 122 valence electrons. The summed E-state index contributed by atoms with van der Waals surface area (Å²) in [4.78, 5) is 0. The Hall–Kier alpha value is -3.06. The van der Waals surface area contributed by atoms with Crippen molar-refractivity contribution in [1.29, 1.82) is 0 Å². The summed E-state index contributed by atoms with van der Waals surface area (Å²) in [6.07, 6.45) is 4.44. The van der Waals surface area contributed by atoms with Crippen molar-refractivity contribution in [3.05, 3.63) is 90.0 Å². The normalized spacial score (nSPS) is 11.4. The fourth-order valence-corrected chi connectivity index (χ4v) is 3.32. The Morgan fingerprint density at radius 3 is 1.92 bits per heavy atom. The third-order valence-corrected chi connectivity index (χ3v) is 4.55. The van der Waals surface area contributed by atoms with Gasteiger partial charge in [0.1, 0.15) is 0 Å². The number of hydrogen-bond acceptors (Lipinski definition) is 1. The van der Waals surface area contributed by atoms with Crippen LogP contribution >= 0.6 is 0 Å². The lowest BCUT2D eigenvalue weighted by Gasteiger charge is -2.08. The number of anilines is 1. The van der Waals surface area contributed by atoms with Crippen LogP contribution in [0.1, 0.15) is 18.1 Å². The molecule has 0 aromatic heterocycles. The molecule has 0 radical (unpaired) electrons. The molecule has 0 fully saturated rings. The minimum atomic E-state index is 0.942. The van der Waals surface area contributed by atoms with E-state index < -0.39 is 0 Å². The van der Waals surface area contributed by atoms with E-state index in [2.05, 4.69) is 103 Å². The molecule has 4 aromatic rings. The van der Waals surface area contributed by atoms with E-state index in [1.807, 2.05) is 0 Å². The maximum atomic E-state index is 3.33. The first-order valence-electron chi connectivity index (χ1n) is 8.77. The second kappa shape index (κ2) is 6.82. The minimum Gasteiger partial charge on any atom is -0.385 e. The number of fused-ring (bicyclic) bond motifs is 2. The van der Waals surface area contributed by atoms with Gasteiger partial charge in [-0.15, -0.1) is 0 Å². The highest BCUT2D eigenvalue weighted by molar-refractivity contribution is 6.07. The Kier molecular flexibility index (Phi) is 4.22. The van der Waals surface area contributed by atoms with Crippen molar-refractivity contribution in [1.82, 2.24) is 0 Å². The quantitative estimate of drug-likeness (QED) is 0.330. The zero-order valence-corrected chi connectivity index (χ0v) is 14.4. The summed E-state index contributed by atoms with van der Waals surface area (Å²) in [5, 5.41) is 8.48. The SMILES string of the molecule is CCNc1ccc(C=Cc2c3ccccc3cc3ccccc23)cc1. The molecule has 1 nitrogen and oxygen atoms in total. The molecule has 0 amide bonds. The summed E-state index contributed by atoms with van der Waals surface area (Å²) < 4.78 is 0. The third kappa shape index (κ3) is 3.14. The summed E-state index contributed by atoms with van der Waals surface area (Å²) in [6, 6.07) is 28.0. The molecule has 0 saturated heterocycles. The zero-order valence-electron chi connectivity index (χ0n) is 14.4. The van der Waals surface area contributed by atoms with Gasteiger partial charge in [0, 0.05) is 12.2 Å². The van der Waals surface area contributed by atoms with Crippen LogP contribution in [0.2, 0.25) is 0 Å². The van der Waals surface area contributed by atoms with Crippen LogP contribution in [-0.4, -0.2) is 6.54 Å². The number of rotatable bonds is 4. The fourth-order valence-electron chi connectivity index (χ4n) is 3.32. The summed E-state index contributed by atoms with van der Waals surface area (Å²) in [5.74, 6) is 0. The molecular formula is C24H21N. The Balaban J connectivity index is 1.81. The van der Waals surface area contributed by atoms with Crippen LogP contribution in [0.3, 0.4) is 0 Å². The standard InChI is InChI=1S/C24H21N/c1-2-25-21-14-11-18(12-15-21)13-16-24-22-9-5-3-7-19(22)17-20-8-4-6-10-23(20)24/h3-17,25H,2H2,1H3. The topological polar surface area (TPSA) is 12.0 Å². The second-order valence-corrected chi connectivity index (χ2v) is 6.22. The van der Waals surface area contributed by atoms with Gasteiger partial charge in [0.2, 0.25) is 0 Å². The van der Waals surface area contributed by atoms with E-state index in [0.29, 0.717) is 0 Å². The molecule has 0 spiro atoms. The summed E-state index contributed by atoms with van der Waals surface area (Å²) in [6.45, 7) is 3.05. The van der Waals surface area contributed by atoms with Gasteiger partial charge in [-0.05, 0) is 57.8 Å². The monoisotopic (exact) mass is 323 g/mol. The molecular weight excluding hydrogens is 302 g/mol. The predicted octanol–water partition coefficient (Wildman–Crippen LogP) is 6.60. The van der Waals surface area contributed by atoms with E-state index in [1.54, 1.807) is 0 Å². The highest BCUT2D eigenvalue weighted by Crippen LogP contribution is 2.30. The van der Waals surface area contributed by atoms with Crippen LogP contribution in [0, 0.1) is 0 Å². The summed E-state index contributed by atoms with van der Waals surface area (Å²) in [5.41, 5.74) is 3.65. The molecule has 0 bridgehead atoms. The third-order valence-electron chi connectivity index (χ3n) is 4.55. The van der Waals surface area contributed by atoms with Crippen LogP contribution in [0.5, 0.6) is 0 Å². The Labute approximate surface area is 148 Å². The van der Waals surface area contributed by atoms with Crippen LogP contribution in [0.25, 0.3) is 33.7 Å². The Bertz CT molecular complexity index is 989. The van der Waals surface area contributed by atoms with Crippen molar-refractivity contribution >= 4 is 39.4 Å². The smallest absolute Gasteiger partial charge is 0.0340 e. The molecule has 1 heteroatoms. The van der Waals surface area contributed by atoms with Gasteiger partial charge in [-0.2, -0.15) is 0 Å². The largest absolute Gasteiger partial charge is 0.385 e. The summed E-state index contributed by atoms with van der Waals surface area (Å²) in [7, 11) is 0. The molecule has 0 saturated carbocycles. The van der Waals surface area contributed by atoms with Crippen molar-refractivity contribution in [2.75, 3.05) is 11.9 Å². The van der Waals surface area contributed by atoms with Crippen molar-refractivity contribution in [2.24, 2.45) is 0 Å². The zero-order chi connectivity index (χ0) is 17.1. The van der Waals surface area contributed by atoms with E-state index >= 15 is 0 Å². The van der Waals surface area contributed by atoms with Crippen molar-refractivity contribution in [2.45, 2.75) is 6.92 Å². The van der Waals surface area contributed by atoms with E-state index in [4.69, 9.17) is 0 Å². The highest BCUT2D eigenvalue weighted by atomic mass is 14.8. The van der Waals surface area contributed by atoms with E-state index in [-0.39, 0.29) is 0 Å². The number of benzene rings is 4. The van der Waals surface area contributed by atoms with Gasteiger partial charge in [-0.1, -0.05) is 72.8 Å². The summed E-state index contributed by atoms with van der Waals surface area (Å²) >= 11 is 0. The molecule has 25 heavy (non-hydrogen) atoms. The molecule has 0 atom stereocenters. The molecule has 0 heterocycles. The molecule has 0 aliphatic rings. The highest BCUT2D eigenvalue weighted by Gasteiger charge is 2.04. The Morgan fingerprint density at radius 2 is 1.32 bits per heavy atom. The number of nitrogens with one attached hydrogen (secondary N) is 1. The maximum Gasteiger partial charge on any atom is 0.0340 e. The average Bonchev–Trinajstić information content (AvgIpc) is 2.66. The molecule has 0 unspecified atom stereocenters. The van der Waals surface area contributed by atoms with Crippen molar-refractivity contribution in [3.63, 3.8) is 0 Å². The van der Waals surface area contributed by atoms with Gasteiger partial charge in [-0.25, -0.2) is 0 Å². The number of hydrogen-bond donors (Lipinski definition) is 1. The second-order valence-electron chi connectivity index (χ2n) is 6.22. The molecule has 4 aromatic carbocycles. The first kappa shape index (κ1) is 15.5. The van der Waals surface area contributed by atoms with Crippen LogP contribution in [0.4, 0.5) is 5.69 Å². The lowest BCUT2D eigenvalue weighted by Crippen LogP contribution is -1.95. The van der Waals surface area contributed by atoms with E-state index in [1.165, 1.54) is 32.7 Å². The predicted molar refractivity (Wildman–Crippen MR) is 111 cm³/mol. The van der Waals surface area contributed by atoms with Crippen LogP contribution in [0.15, 0.2) is 78.9 Å². The van der Waals surface area contributed by atoms with Crippen LogP contribution in [-0.2, 0) is 0 Å². The van der Waals surface area contributed by atoms with Crippen molar-refractivity contribution in [3.8, 4) is 0 Å². The van der Waals surface area contributed by atoms with Gasteiger partial charge >= 0.3 is 0 Å². The fraction of sp³-hybridized carbons (Fsp3) is 0.0833. The average molecular weight is 323 g/mol. The Morgan fingerprint density at radius 1 is 0.720 bits per heavy atom. The molecule has 4 rings (SSSR count). The van der Waals surface area contributed by atoms with Gasteiger partial charge in [0.15, 0.2) is 0 Å². The van der Waals surface area contributed by atoms with E-state index in [9.17, 15) is 0 Å². The first-order chi connectivity index (χ1) is 12.3. The minimum absolute atomic E-state index is 0.942. The molecule has 1 N–H and O–H groups in total. The van der Waals surface area contributed by atoms with E-state index in [0.717, 1.165) is 12.2 Å². The van der Waals surface area contributed by atoms with Gasteiger partial charge in [-0.3, -0.25) is 0 Å². The maximum absolute atomic E-state index is 3.33. The molecule has 0 aliphatic carbocycles. The first-order valence-corrected chi connectivity index (χ1v) is 8.77. The van der Waals surface area contributed by atoms with Gasteiger partial charge < -0.3 is 5.32 Å². The lowest BCUT2D eigenvalue weighted by molar-refractivity contribution is 1.21. The lowest BCUT2D eigenvalue weighted by atomic mass is 9.96. The van der Waals surface area contributed by atoms with Gasteiger partial charge in [0.05, 0.1) is 0 Å². The van der Waals surface area contributed by atoms with Gasteiger partial charge in [0.25, 0.3) is 0 Å². The van der Waals surface area contributed by atoms with Crippen LogP contribution < -0.4 is 5.32 Å². The van der Waals surface area contributed by atoms with Crippen molar-refractivity contribution < 1.29 is 0 Å².